The number of Topliss-reactive ketones (excluding diaryl/α,β-unsaturated/α-hetero) is 1. The number of amides is 1. The van der Waals surface area contributed by atoms with Gasteiger partial charge in [0.1, 0.15) is 0 Å². The van der Waals surface area contributed by atoms with Gasteiger partial charge in [0.15, 0.2) is 35.9 Å². The lowest BCUT2D eigenvalue weighted by atomic mass is 10.1. The number of methoxy groups -OCH3 is 1. The third kappa shape index (κ3) is 6.21. The number of hydrogen-bond donors (Lipinski definition) is 0. The number of anilines is 2. The highest BCUT2D eigenvalue weighted by molar-refractivity contribution is 9.10. The molecule has 8 nitrogen and oxygen atoms in total. The number of halogens is 2. The van der Waals surface area contributed by atoms with Crippen LogP contribution in [-0.4, -0.2) is 49.2 Å². The van der Waals surface area contributed by atoms with Crippen LogP contribution in [0.25, 0.3) is 0 Å². The molecule has 1 atom stereocenters. The molecule has 10 heteroatoms. The second-order valence-corrected chi connectivity index (χ2v) is 11.4. The largest absolute Gasteiger partial charge is 0.493 e. The van der Waals surface area contributed by atoms with E-state index in [4.69, 9.17) is 26.2 Å². The molecule has 41 heavy (non-hydrogen) atoms. The number of hydrogen-bond acceptors (Lipinski definition) is 7. The second kappa shape index (κ2) is 12.5. The van der Waals surface area contributed by atoms with Crippen molar-refractivity contribution in [3.8, 4) is 11.5 Å². The van der Waals surface area contributed by atoms with E-state index in [1.165, 1.54) is 6.92 Å². The van der Waals surface area contributed by atoms with Gasteiger partial charge >= 0.3 is 0 Å². The number of carbonyl (C=O) groups excluding carboxylic acids is 2. The lowest BCUT2D eigenvalue weighted by Crippen LogP contribution is -2.38. The minimum atomic E-state index is -0.535. The van der Waals surface area contributed by atoms with Crippen molar-refractivity contribution in [1.29, 1.82) is 0 Å². The maximum absolute atomic E-state index is 12.9. The van der Waals surface area contributed by atoms with Gasteiger partial charge in [-0.05, 0) is 90.6 Å². The Labute approximate surface area is 253 Å². The van der Waals surface area contributed by atoms with Crippen molar-refractivity contribution in [2.75, 3.05) is 36.7 Å². The quantitative estimate of drug-likeness (QED) is 0.272. The zero-order valence-corrected chi connectivity index (χ0v) is 25.6. The van der Waals surface area contributed by atoms with Crippen LogP contribution < -0.4 is 19.4 Å². The van der Waals surface area contributed by atoms with Gasteiger partial charge in [-0.25, -0.2) is 5.01 Å². The van der Waals surface area contributed by atoms with E-state index < -0.39 is 6.17 Å². The molecule has 0 unspecified atom stereocenters. The fraction of sp³-hybridized carbons (Fsp3) is 0.323. The molecule has 2 heterocycles. The third-order valence-electron chi connectivity index (χ3n) is 7.22. The number of piperidine rings is 1. The lowest BCUT2D eigenvalue weighted by Gasteiger charge is -2.32. The first-order valence-corrected chi connectivity index (χ1v) is 14.7. The number of hydrazone groups is 1. The summed E-state index contributed by atoms with van der Waals surface area (Å²) in [5.74, 6) is 0.979. The van der Waals surface area contributed by atoms with Gasteiger partial charge in [-0.15, -0.1) is 5.10 Å². The lowest BCUT2D eigenvalue weighted by molar-refractivity contribution is -0.134. The zero-order valence-electron chi connectivity index (χ0n) is 23.3. The maximum atomic E-state index is 12.9. The predicted octanol–water partition coefficient (Wildman–Crippen LogP) is 6.74. The van der Waals surface area contributed by atoms with Crippen LogP contribution in [0.3, 0.4) is 0 Å². The van der Waals surface area contributed by atoms with E-state index in [1.807, 2.05) is 65.3 Å². The van der Waals surface area contributed by atoms with Crippen molar-refractivity contribution in [1.82, 2.24) is 4.90 Å². The minimum absolute atomic E-state index is 0.0440. The first-order chi connectivity index (χ1) is 19.8. The van der Waals surface area contributed by atoms with Crippen LogP contribution in [0.5, 0.6) is 11.5 Å². The van der Waals surface area contributed by atoms with Crippen molar-refractivity contribution in [2.24, 2.45) is 5.10 Å². The Morgan fingerprint density at radius 1 is 1.00 bits per heavy atom. The number of nitrogens with zero attached hydrogens (tertiary/aromatic N) is 4. The number of ether oxygens (including phenoxy) is 2. The summed E-state index contributed by atoms with van der Waals surface area (Å²) in [6.07, 6.45) is 2.64. The number of likely N-dealkylation sites (tertiary alicyclic amines) is 1. The molecule has 214 valence electrons. The van der Waals surface area contributed by atoms with Gasteiger partial charge in [0, 0.05) is 36.3 Å². The van der Waals surface area contributed by atoms with Crippen LogP contribution in [0, 0.1) is 6.92 Å². The van der Waals surface area contributed by atoms with Gasteiger partial charge in [-0.2, -0.15) is 0 Å². The van der Waals surface area contributed by atoms with E-state index in [2.05, 4.69) is 15.9 Å². The van der Waals surface area contributed by atoms with Crippen molar-refractivity contribution < 1.29 is 19.1 Å². The summed E-state index contributed by atoms with van der Waals surface area (Å²) < 4.78 is 12.4. The highest BCUT2D eigenvalue weighted by atomic mass is 79.9. The molecule has 0 N–H and O–H groups in total. The normalized spacial score (nSPS) is 17.0. The maximum Gasteiger partial charge on any atom is 0.260 e. The van der Waals surface area contributed by atoms with Crippen LogP contribution in [0.15, 0.2) is 70.2 Å². The summed E-state index contributed by atoms with van der Waals surface area (Å²) in [7, 11) is 1.56. The summed E-state index contributed by atoms with van der Waals surface area (Å²) in [5, 5.41) is 7.19. The number of carbonyl (C=O) groups is 2. The molecule has 3 aromatic carbocycles. The molecule has 0 bridgehead atoms. The minimum Gasteiger partial charge on any atom is -0.493 e. The first kappa shape index (κ1) is 29.0. The Morgan fingerprint density at radius 3 is 2.29 bits per heavy atom. The Bertz CT molecular complexity index is 1460. The number of rotatable bonds is 8. The van der Waals surface area contributed by atoms with E-state index >= 15 is 0 Å². The van der Waals surface area contributed by atoms with Crippen LogP contribution in [-0.2, 0) is 9.59 Å². The van der Waals surface area contributed by atoms with E-state index in [9.17, 15) is 9.59 Å². The Balaban J connectivity index is 1.55. The molecule has 5 rings (SSSR count). The average Bonchev–Trinajstić information content (AvgIpc) is 3.38. The zero-order chi connectivity index (χ0) is 29.1. The van der Waals surface area contributed by atoms with Gasteiger partial charge < -0.3 is 14.4 Å². The Morgan fingerprint density at radius 2 is 1.66 bits per heavy atom. The molecule has 1 saturated heterocycles. The van der Waals surface area contributed by atoms with Crippen molar-refractivity contribution in [3.05, 3.63) is 81.3 Å². The SMILES string of the molecule is COc1cc([C@H]2N(c3ccc(Cl)cc3)N=C(C(C)=O)N2c2ccc(C)cc2)cc(Br)c1OCC(=O)N1CCCCC1. The number of ketones is 1. The monoisotopic (exact) mass is 638 g/mol. The molecular formula is C31H32BrClN4O4. The standard InChI is InChI=1S/C31H32BrClN4O4/c1-20-7-11-24(12-8-20)36-30(21(2)38)34-37(25-13-9-23(33)10-14-25)31(36)22-17-26(32)29(27(18-22)40-3)41-19-28(39)35-15-5-4-6-16-35/h7-14,17-18,31H,4-6,15-16,19H2,1-3H3/t31-/m1/s1. The second-order valence-electron chi connectivity index (χ2n) is 10.1. The van der Waals surface area contributed by atoms with Gasteiger partial charge in [0.05, 0.1) is 17.3 Å². The third-order valence-corrected chi connectivity index (χ3v) is 8.06. The van der Waals surface area contributed by atoms with Gasteiger partial charge in [0.25, 0.3) is 5.91 Å². The number of aryl methyl sites for hydroxylation is 1. The van der Waals surface area contributed by atoms with Gasteiger partial charge in [-0.1, -0.05) is 29.3 Å². The molecule has 3 aromatic rings. The summed E-state index contributed by atoms with van der Waals surface area (Å²) in [6, 6.07) is 19.0. The predicted molar refractivity (Wildman–Crippen MR) is 165 cm³/mol. The summed E-state index contributed by atoms with van der Waals surface area (Å²) in [6.45, 7) is 4.96. The number of benzene rings is 3. The molecule has 0 saturated carbocycles. The molecule has 2 aliphatic heterocycles. The molecule has 0 aromatic heterocycles. The highest BCUT2D eigenvalue weighted by Crippen LogP contribution is 2.44. The Kier molecular flexibility index (Phi) is 8.85. The van der Waals surface area contributed by atoms with Crippen LogP contribution >= 0.6 is 27.5 Å². The molecule has 1 fully saturated rings. The Hall–Kier alpha value is -3.56. The topological polar surface area (TPSA) is 74.7 Å². The van der Waals surface area contributed by atoms with Crippen molar-refractivity contribution in [2.45, 2.75) is 39.3 Å². The van der Waals surface area contributed by atoms with E-state index in [0.717, 1.165) is 54.9 Å². The van der Waals surface area contributed by atoms with Gasteiger partial charge in [-0.3, -0.25) is 14.5 Å². The fourth-order valence-electron chi connectivity index (χ4n) is 5.12. The van der Waals surface area contributed by atoms with Crippen molar-refractivity contribution in [3.63, 3.8) is 0 Å². The molecule has 0 spiro atoms. The average molecular weight is 640 g/mol. The van der Waals surface area contributed by atoms with Gasteiger partial charge in [0.2, 0.25) is 0 Å². The van der Waals surface area contributed by atoms with E-state index in [0.29, 0.717) is 26.8 Å². The van der Waals surface area contributed by atoms with E-state index in [1.54, 1.807) is 24.3 Å². The van der Waals surface area contributed by atoms with Crippen LogP contribution in [0.2, 0.25) is 5.02 Å². The van der Waals surface area contributed by atoms with Crippen molar-refractivity contribution >= 4 is 56.4 Å². The van der Waals surface area contributed by atoms with E-state index in [-0.39, 0.29) is 18.3 Å². The molecular weight excluding hydrogens is 608 g/mol. The summed E-state index contributed by atoms with van der Waals surface area (Å²) >= 11 is 9.85. The fourth-order valence-corrected chi connectivity index (χ4v) is 5.82. The molecule has 0 radical (unpaired) electrons. The summed E-state index contributed by atoms with van der Waals surface area (Å²) in [5.41, 5.74) is 3.47. The summed E-state index contributed by atoms with van der Waals surface area (Å²) in [4.78, 5) is 29.5. The smallest absolute Gasteiger partial charge is 0.260 e. The number of amidine groups is 1. The van der Waals surface area contributed by atoms with Crippen LogP contribution in [0.4, 0.5) is 11.4 Å². The highest BCUT2D eigenvalue weighted by Gasteiger charge is 2.40. The molecule has 0 aliphatic carbocycles. The molecule has 1 amide bonds. The van der Waals surface area contributed by atoms with Crippen LogP contribution in [0.1, 0.15) is 43.5 Å². The molecule has 2 aliphatic rings. The first-order valence-electron chi connectivity index (χ1n) is 13.5.